The molecule has 0 bridgehead atoms. The molecule has 1 aromatic heterocycles. The number of para-hydroxylation sites is 2. The lowest BCUT2D eigenvalue weighted by Crippen LogP contribution is -2.03. The third kappa shape index (κ3) is 3.38. The van der Waals surface area contributed by atoms with Crippen molar-refractivity contribution >= 4 is 23.1 Å². The number of rotatable bonds is 5. The fraction of sp³-hybridized carbons (Fsp3) is 0.118. The van der Waals surface area contributed by atoms with Gasteiger partial charge in [0.05, 0.1) is 6.20 Å². The molecule has 2 N–H and O–H groups in total. The van der Waals surface area contributed by atoms with Crippen molar-refractivity contribution in [3.05, 3.63) is 66.4 Å². The van der Waals surface area contributed by atoms with Crippen LogP contribution in [0.15, 0.2) is 60.8 Å². The Morgan fingerprint density at radius 1 is 0.909 bits per heavy atom. The van der Waals surface area contributed by atoms with E-state index >= 15 is 0 Å². The Morgan fingerprint density at radius 3 is 2.50 bits per heavy atom. The van der Waals surface area contributed by atoms with E-state index in [9.17, 15) is 0 Å². The van der Waals surface area contributed by atoms with E-state index in [4.69, 9.17) is 0 Å². The molecule has 0 aliphatic heterocycles. The zero-order valence-electron chi connectivity index (χ0n) is 12.3. The van der Waals surface area contributed by atoms with Crippen LogP contribution in [0, 0.1) is 0 Å². The molecule has 2 aromatic carbocycles. The summed E-state index contributed by atoms with van der Waals surface area (Å²) in [5.41, 5.74) is 3.20. The summed E-state index contributed by atoms with van der Waals surface area (Å²) >= 11 is 0. The zero-order chi connectivity index (χ0) is 15.2. The highest BCUT2D eigenvalue weighted by Crippen LogP contribution is 2.20. The van der Waals surface area contributed by atoms with Gasteiger partial charge in [-0.1, -0.05) is 43.3 Å². The Balaban J connectivity index is 1.79. The summed E-state index contributed by atoms with van der Waals surface area (Å²) < 4.78 is 0. The minimum atomic E-state index is 0.463. The SMILES string of the molecule is CCc1ccccc1Nc1cnnc(Nc2ccccc2)n1. The molecule has 0 aliphatic carbocycles. The maximum atomic E-state index is 4.44. The number of nitrogens with one attached hydrogen (secondary N) is 2. The average molecular weight is 291 g/mol. The molecule has 0 radical (unpaired) electrons. The second-order valence-corrected chi connectivity index (χ2v) is 4.79. The molecular weight excluding hydrogens is 274 g/mol. The molecule has 5 heteroatoms. The van der Waals surface area contributed by atoms with Crippen LogP contribution in [0.4, 0.5) is 23.1 Å². The second-order valence-electron chi connectivity index (χ2n) is 4.79. The quantitative estimate of drug-likeness (QED) is 0.746. The number of nitrogens with zero attached hydrogens (tertiary/aromatic N) is 3. The first-order valence-corrected chi connectivity index (χ1v) is 7.22. The molecule has 3 aromatic rings. The van der Waals surface area contributed by atoms with Gasteiger partial charge in [0.2, 0.25) is 5.95 Å². The molecule has 0 amide bonds. The maximum absolute atomic E-state index is 4.44. The molecule has 0 fully saturated rings. The molecule has 1 heterocycles. The van der Waals surface area contributed by atoms with Crippen LogP contribution in [0.5, 0.6) is 0 Å². The van der Waals surface area contributed by atoms with Crippen LogP contribution in [0.3, 0.4) is 0 Å². The van der Waals surface area contributed by atoms with Crippen molar-refractivity contribution in [2.75, 3.05) is 10.6 Å². The molecule has 0 saturated carbocycles. The fourth-order valence-corrected chi connectivity index (χ4v) is 2.16. The fourth-order valence-electron chi connectivity index (χ4n) is 2.16. The van der Waals surface area contributed by atoms with Crippen LogP contribution in [0.2, 0.25) is 0 Å². The van der Waals surface area contributed by atoms with Crippen LogP contribution < -0.4 is 10.6 Å². The number of benzene rings is 2. The van der Waals surface area contributed by atoms with E-state index in [1.54, 1.807) is 6.20 Å². The summed E-state index contributed by atoms with van der Waals surface area (Å²) in [6.45, 7) is 2.13. The number of aryl methyl sites for hydroxylation is 1. The third-order valence-electron chi connectivity index (χ3n) is 3.25. The van der Waals surface area contributed by atoms with Gasteiger partial charge in [-0.25, -0.2) is 0 Å². The van der Waals surface area contributed by atoms with Crippen molar-refractivity contribution in [3.8, 4) is 0 Å². The Morgan fingerprint density at radius 2 is 1.68 bits per heavy atom. The van der Waals surface area contributed by atoms with Crippen molar-refractivity contribution in [2.24, 2.45) is 0 Å². The van der Waals surface area contributed by atoms with Gasteiger partial charge in [-0.3, -0.25) is 0 Å². The van der Waals surface area contributed by atoms with Crippen molar-refractivity contribution in [3.63, 3.8) is 0 Å². The topological polar surface area (TPSA) is 62.7 Å². The minimum absolute atomic E-state index is 0.463. The molecule has 0 atom stereocenters. The Labute approximate surface area is 129 Å². The van der Waals surface area contributed by atoms with Crippen LogP contribution >= 0.6 is 0 Å². The highest BCUT2D eigenvalue weighted by atomic mass is 15.3. The predicted molar refractivity (Wildman–Crippen MR) is 88.7 cm³/mol. The predicted octanol–water partition coefficient (Wildman–Crippen LogP) is 3.92. The molecule has 0 aliphatic rings. The smallest absolute Gasteiger partial charge is 0.249 e. The van der Waals surface area contributed by atoms with E-state index in [0.717, 1.165) is 17.8 Å². The monoisotopic (exact) mass is 291 g/mol. The first kappa shape index (κ1) is 14.0. The van der Waals surface area contributed by atoms with E-state index < -0.39 is 0 Å². The number of hydrogen-bond acceptors (Lipinski definition) is 5. The minimum Gasteiger partial charge on any atom is -0.339 e. The van der Waals surface area contributed by atoms with E-state index in [2.05, 4.69) is 38.8 Å². The molecule has 3 rings (SSSR count). The molecule has 5 nitrogen and oxygen atoms in total. The second kappa shape index (κ2) is 6.67. The largest absolute Gasteiger partial charge is 0.339 e. The van der Waals surface area contributed by atoms with Gasteiger partial charge in [0.25, 0.3) is 0 Å². The summed E-state index contributed by atoms with van der Waals surface area (Å²) in [7, 11) is 0. The zero-order valence-corrected chi connectivity index (χ0v) is 12.3. The van der Waals surface area contributed by atoms with Gasteiger partial charge in [0.15, 0.2) is 5.82 Å². The van der Waals surface area contributed by atoms with Crippen LogP contribution in [-0.4, -0.2) is 15.2 Å². The maximum Gasteiger partial charge on any atom is 0.249 e. The average Bonchev–Trinajstić information content (AvgIpc) is 2.57. The van der Waals surface area contributed by atoms with E-state index in [1.807, 2.05) is 48.5 Å². The van der Waals surface area contributed by atoms with Crippen LogP contribution in [-0.2, 0) is 6.42 Å². The molecule has 0 saturated heterocycles. The highest BCUT2D eigenvalue weighted by molar-refractivity contribution is 5.61. The van der Waals surface area contributed by atoms with E-state index in [1.165, 1.54) is 5.56 Å². The van der Waals surface area contributed by atoms with Gasteiger partial charge in [-0.2, -0.15) is 10.1 Å². The summed E-state index contributed by atoms with van der Waals surface area (Å²) in [5.74, 6) is 1.12. The number of hydrogen-bond donors (Lipinski definition) is 2. The first-order valence-electron chi connectivity index (χ1n) is 7.22. The number of anilines is 4. The third-order valence-corrected chi connectivity index (χ3v) is 3.25. The van der Waals surface area contributed by atoms with Crippen molar-refractivity contribution in [1.82, 2.24) is 15.2 Å². The lowest BCUT2D eigenvalue weighted by atomic mass is 10.1. The summed E-state index contributed by atoms with van der Waals surface area (Å²) in [5, 5.41) is 14.4. The van der Waals surface area contributed by atoms with Crippen LogP contribution in [0.25, 0.3) is 0 Å². The van der Waals surface area contributed by atoms with Gasteiger partial charge in [0, 0.05) is 11.4 Å². The Bertz CT molecular complexity index is 743. The summed E-state index contributed by atoms with van der Waals surface area (Å²) in [6, 6.07) is 17.9. The van der Waals surface area contributed by atoms with Gasteiger partial charge in [0.1, 0.15) is 0 Å². The van der Waals surface area contributed by atoms with Gasteiger partial charge < -0.3 is 10.6 Å². The molecule has 22 heavy (non-hydrogen) atoms. The summed E-state index contributed by atoms with van der Waals surface area (Å²) in [6.07, 6.45) is 2.57. The van der Waals surface area contributed by atoms with Gasteiger partial charge in [-0.05, 0) is 30.2 Å². The highest BCUT2D eigenvalue weighted by Gasteiger charge is 2.04. The lowest BCUT2D eigenvalue weighted by molar-refractivity contribution is 0.981. The lowest BCUT2D eigenvalue weighted by Gasteiger charge is -2.10. The molecule has 0 spiro atoms. The van der Waals surface area contributed by atoms with E-state index in [-0.39, 0.29) is 0 Å². The molecule has 0 unspecified atom stereocenters. The molecular formula is C17H17N5. The summed E-state index contributed by atoms with van der Waals surface area (Å²) in [4.78, 5) is 4.44. The van der Waals surface area contributed by atoms with Crippen molar-refractivity contribution in [2.45, 2.75) is 13.3 Å². The molecule has 110 valence electrons. The van der Waals surface area contributed by atoms with E-state index in [0.29, 0.717) is 11.8 Å². The Hall–Kier alpha value is -2.95. The van der Waals surface area contributed by atoms with Crippen molar-refractivity contribution < 1.29 is 0 Å². The normalized spacial score (nSPS) is 10.2. The van der Waals surface area contributed by atoms with Crippen LogP contribution in [0.1, 0.15) is 12.5 Å². The van der Waals surface area contributed by atoms with Crippen molar-refractivity contribution in [1.29, 1.82) is 0 Å². The first-order chi connectivity index (χ1) is 10.8. The van der Waals surface area contributed by atoms with Gasteiger partial charge in [-0.15, -0.1) is 5.10 Å². The number of aromatic nitrogens is 3. The Kier molecular flexibility index (Phi) is 4.25. The standard InChI is InChI=1S/C17H17N5/c1-2-13-8-6-7-11-15(13)20-16-12-18-22-17(21-16)19-14-9-4-3-5-10-14/h3-12H,2H2,1H3,(H2,19,20,21,22). The van der Waals surface area contributed by atoms with Gasteiger partial charge >= 0.3 is 0 Å².